The summed E-state index contributed by atoms with van der Waals surface area (Å²) in [4.78, 5) is 17.3. The van der Waals surface area contributed by atoms with Gasteiger partial charge in [0.15, 0.2) is 5.11 Å². The summed E-state index contributed by atoms with van der Waals surface area (Å²) in [6, 6.07) is 9.48. The smallest absolute Gasteiger partial charge is 0.270 e. The Labute approximate surface area is 141 Å². The SMILES string of the molecule is CCN(NC(=O)c1cc(CC(C)C)nc2ccccc12)C(N)=S. The minimum atomic E-state index is -0.233. The topological polar surface area (TPSA) is 71.2 Å². The van der Waals surface area contributed by atoms with E-state index in [2.05, 4.69) is 24.3 Å². The van der Waals surface area contributed by atoms with Crippen molar-refractivity contribution in [3.63, 3.8) is 0 Å². The lowest BCUT2D eigenvalue weighted by Gasteiger charge is -2.22. The Balaban J connectivity index is 2.44. The fourth-order valence-corrected chi connectivity index (χ4v) is 2.59. The lowest BCUT2D eigenvalue weighted by Crippen LogP contribution is -2.48. The van der Waals surface area contributed by atoms with Crippen LogP contribution in [0.5, 0.6) is 0 Å². The highest BCUT2D eigenvalue weighted by Gasteiger charge is 2.16. The Morgan fingerprint density at radius 2 is 2.09 bits per heavy atom. The van der Waals surface area contributed by atoms with Crippen molar-refractivity contribution in [2.45, 2.75) is 27.2 Å². The molecular formula is C17H22N4OS. The van der Waals surface area contributed by atoms with Crippen LogP contribution in [0.15, 0.2) is 30.3 Å². The van der Waals surface area contributed by atoms with Crippen molar-refractivity contribution in [3.05, 3.63) is 41.6 Å². The third-order valence-corrected chi connectivity index (χ3v) is 3.67. The van der Waals surface area contributed by atoms with E-state index in [4.69, 9.17) is 18.0 Å². The highest BCUT2D eigenvalue weighted by atomic mass is 32.1. The van der Waals surface area contributed by atoms with Gasteiger partial charge in [0.1, 0.15) is 0 Å². The number of para-hydroxylation sites is 1. The monoisotopic (exact) mass is 330 g/mol. The maximum absolute atomic E-state index is 12.7. The first kappa shape index (κ1) is 17.1. The number of hydrogen-bond acceptors (Lipinski definition) is 3. The van der Waals surface area contributed by atoms with Gasteiger partial charge in [-0.15, -0.1) is 0 Å². The van der Waals surface area contributed by atoms with E-state index in [9.17, 15) is 4.79 Å². The molecule has 0 unspecified atom stereocenters. The van der Waals surface area contributed by atoms with E-state index in [0.29, 0.717) is 18.0 Å². The van der Waals surface area contributed by atoms with Crippen molar-refractivity contribution in [1.82, 2.24) is 15.4 Å². The van der Waals surface area contributed by atoms with Crippen molar-refractivity contribution in [1.29, 1.82) is 0 Å². The first-order chi connectivity index (χ1) is 10.9. The zero-order chi connectivity index (χ0) is 17.0. The molecule has 1 aromatic carbocycles. The van der Waals surface area contributed by atoms with E-state index in [1.165, 1.54) is 5.01 Å². The van der Waals surface area contributed by atoms with Crippen LogP contribution in [-0.2, 0) is 6.42 Å². The molecule has 3 N–H and O–H groups in total. The van der Waals surface area contributed by atoms with Gasteiger partial charge in [-0.1, -0.05) is 32.0 Å². The lowest BCUT2D eigenvalue weighted by molar-refractivity contribution is 0.0876. The predicted molar refractivity (Wildman–Crippen MR) is 96.9 cm³/mol. The second kappa shape index (κ2) is 7.37. The third kappa shape index (κ3) is 4.16. The van der Waals surface area contributed by atoms with Crippen LogP contribution in [0.2, 0.25) is 0 Å². The zero-order valence-electron chi connectivity index (χ0n) is 13.7. The summed E-state index contributed by atoms with van der Waals surface area (Å²) in [6.45, 7) is 6.63. The Kier molecular flexibility index (Phi) is 5.50. The van der Waals surface area contributed by atoms with Gasteiger partial charge in [0.25, 0.3) is 5.91 Å². The number of carbonyl (C=O) groups is 1. The first-order valence-electron chi connectivity index (χ1n) is 7.69. The van der Waals surface area contributed by atoms with Crippen LogP contribution in [0.25, 0.3) is 10.9 Å². The van der Waals surface area contributed by atoms with Crippen molar-refractivity contribution in [2.24, 2.45) is 11.7 Å². The number of nitrogens with zero attached hydrogens (tertiary/aromatic N) is 2. The number of rotatable bonds is 4. The minimum Gasteiger partial charge on any atom is -0.375 e. The molecule has 122 valence electrons. The molecule has 1 amide bonds. The molecule has 0 aliphatic heterocycles. The predicted octanol–water partition coefficient (Wildman–Crippen LogP) is 2.64. The van der Waals surface area contributed by atoms with E-state index >= 15 is 0 Å². The molecule has 0 aliphatic rings. The molecular weight excluding hydrogens is 308 g/mol. The molecule has 6 heteroatoms. The van der Waals surface area contributed by atoms with Crippen LogP contribution in [0, 0.1) is 5.92 Å². The largest absolute Gasteiger partial charge is 0.375 e. The molecule has 0 bridgehead atoms. The van der Waals surface area contributed by atoms with E-state index in [0.717, 1.165) is 23.0 Å². The number of amides is 1. The number of nitrogens with two attached hydrogens (primary N) is 1. The van der Waals surface area contributed by atoms with Crippen molar-refractivity contribution in [2.75, 3.05) is 6.54 Å². The number of carbonyl (C=O) groups excluding carboxylic acids is 1. The summed E-state index contributed by atoms with van der Waals surface area (Å²) in [5.74, 6) is 0.228. The fourth-order valence-electron chi connectivity index (χ4n) is 2.41. The quantitative estimate of drug-likeness (QED) is 0.666. The minimum absolute atomic E-state index is 0.140. The van der Waals surface area contributed by atoms with Crippen LogP contribution >= 0.6 is 12.2 Å². The Morgan fingerprint density at radius 3 is 2.70 bits per heavy atom. The number of benzene rings is 1. The molecule has 1 aromatic heterocycles. The van der Waals surface area contributed by atoms with Crippen molar-refractivity contribution < 1.29 is 4.79 Å². The third-order valence-electron chi connectivity index (χ3n) is 3.45. The zero-order valence-corrected chi connectivity index (χ0v) is 14.5. The molecule has 0 fully saturated rings. The maximum Gasteiger partial charge on any atom is 0.270 e. The van der Waals surface area contributed by atoms with Crippen LogP contribution in [0.1, 0.15) is 36.8 Å². The maximum atomic E-state index is 12.7. The van der Waals surface area contributed by atoms with Crippen LogP contribution in [-0.4, -0.2) is 27.6 Å². The van der Waals surface area contributed by atoms with Gasteiger partial charge >= 0.3 is 0 Å². The Morgan fingerprint density at radius 1 is 1.39 bits per heavy atom. The average molecular weight is 330 g/mol. The van der Waals surface area contributed by atoms with E-state index in [1.807, 2.05) is 37.3 Å². The van der Waals surface area contributed by atoms with Crippen LogP contribution < -0.4 is 11.2 Å². The number of hydrazine groups is 1. The Bertz CT molecular complexity index is 730. The number of fused-ring (bicyclic) bond motifs is 1. The molecule has 23 heavy (non-hydrogen) atoms. The molecule has 2 aromatic rings. The van der Waals surface area contributed by atoms with Gasteiger partial charge < -0.3 is 5.73 Å². The molecule has 2 rings (SSSR count). The number of thiocarbonyl (C=S) groups is 1. The molecule has 0 aliphatic carbocycles. The van der Waals surface area contributed by atoms with Gasteiger partial charge in [0.05, 0.1) is 11.1 Å². The average Bonchev–Trinajstić information content (AvgIpc) is 2.50. The lowest BCUT2D eigenvalue weighted by atomic mass is 10.0. The van der Waals surface area contributed by atoms with E-state index < -0.39 is 0 Å². The first-order valence-corrected chi connectivity index (χ1v) is 8.09. The molecule has 5 nitrogen and oxygen atoms in total. The van der Waals surface area contributed by atoms with Gasteiger partial charge in [0.2, 0.25) is 0 Å². The second-order valence-corrected chi connectivity index (χ2v) is 6.22. The van der Waals surface area contributed by atoms with Gasteiger partial charge in [-0.25, -0.2) is 0 Å². The number of pyridine rings is 1. The molecule has 1 heterocycles. The molecule has 0 saturated carbocycles. The summed E-state index contributed by atoms with van der Waals surface area (Å²) in [7, 11) is 0. The highest BCUT2D eigenvalue weighted by molar-refractivity contribution is 7.80. The highest BCUT2D eigenvalue weighted by Crippen LogP contribution is 2.20. The summed E-state index contributed by atoms with van der Waals surface area (Å²) in [5, 5.41) is 2.41. The Hall–Kier alpha value is -2.21. The van der Waals surface area contributed by atoms with Gasteiger partial charge in [0, 0.05) is 17.6 Å². The standard InChI is InChI=1S/C17H22N4OS/c1-4-21(17(18)23)20-16(22)14-10-12(9-11(2)3)19-15-8-6-5-7-13(14)15/h5-8,10-11H,4,9H2,1-3H3,(H2,18,23)(H,20,22). The number of hydrogen-bond donors (Lipinski definition) is 2. The summed E-state index contributed by atoms with van der Waals surface area (Å²) < 4.78 is 0. The number of aromatic nitrogens is 1. The molecule has 0 radical (unpaired) electrons. The summed E-state index contributed by atoms with van der Waals surface area (Å²) in [5.41, 5.74) is 10.7. The molecule has 0 saturated heterocycles. The molecule has 0 atom stereocenters. The van der Waals surface area contributed by atoms with Crippen molar-refractivity contribution in [3.8, 4) is 0 Å². The normalized spacial score (nSPS) is 10.8. The van der Waals surface area contributed by atoms with E-state index in [-0.39, 0.29) is 11.0 Å². The summed E-state index contributed by atoms with van der Waals surface area (Å²) >= 11 is 4.94. The fraction of sp³-hybridized carbons (Fsp3) is 0.353. The van der Waals surface area contributed by atoms with E-state index in [1.54, 1.807) is 0 Å². The second-order valence-electron chi connectivity index (χ2n) is 5.80. The van der Waals surface area contributed by atoms with Crippen LogP contribution in [0.3, 0.4) is 0 Å². The van der Waals surface area contributed by atoms with Crippen molar-refractivity contribution >= 4 is 34.1 Å². The van der Waals surface area contributed by atoms with Crippen LogP contribution in [0.4, 0.5) is 0 Å². The summed E-state index contributed by atoms with van der Waals surface area (Å²) in [6.07, 6.45) is 0.817. The van der Waals surface area contributed by atoms with Gasteiger partial charge in [-0.05, 0) is 43.6 Å². The number of nitrogens with one attached hydrogen (secondary N) is 1. The molecule has 0 spiro atoms. The van der Waals surface area contributed by atoms with Gasteiger partial charge in [-0.2, -0.15) is 0 Å². The van der Waals surface area contributed by atoms with Gasteiger partial charge in [-0.3, -0.25) is 20.2 Å².